The van der Waals surface area contributed by atoms with Crippen LogP contribution in [-0.4, -0.2) is 20.0 Å². The van der Waals surface area contributed by atoms with E-state index in [1.54, 1.807) is 0 Å². The summed E-state index contributed by atoms with van der Waals surface area (Å²) >= 11 is 0. The summed E-state index contributed by atoms with van der Waals surface area (Å²) in [5.74, 6) is 7.13. The summed E-state index contributed by atoms with van der Waals surface area (Å²) in [6, 6.07) is 5.49. The fraction of sp³-hybridized carbons (Fsp3) is 0.400. The average Bonchev–Trinajstić information content (AvgIpc) is 2.71. The van der Waals surface area contributed by atoms with Gasteiger partial charge in [-0.05, 0) is 12.1 Å². The maximum atomic E-state index is 5.46. The highest BCUT2D eigenvalue weighted by molar-refractivity contribution is 5.46. The van der Waals surface area contributed by atoms with Crippen molar-refractivity contribution in [3.05, 3.63) is 18.2 Å². The Morgan fingerprint density at radius 2 is 2.07 bits per heavy atom. The number of rotatable bonds is 5. The molecule has 0 unspecified atom stereocenters. The van der Waals surface area contributed by atoms with E-state index in [-0.39, 0.29) is 6.79 Å². The van der Waals surface area contributed by atoms with Crippen LogP contribution in [0.5, 0.6) is 17.2 Å². The second-order valence-electron chi connectivity index (χ2n) is 3.09. The maximum Gasteiger partial charge on any atom is 0.231 e. The lowest BCUT2D eigenvalue weighted by atomic mass is 10.3. The molecule has 1 aliphatic rings. The highest BCUT2D eigenvalue weighted by Crippen LogP contribution is 2.34. The van der Waals surface area contributed by atoms with Crippen LogP contribution >= 0.6 is 0 Å². The number of ether oxygens (including phenoxy) is 3. The van der Waals surface area contributed by atoms with Gasteiger partial charge >= 0.3 is 0 Å². The van der Waals surface area contributed by atoms with Gasteiger partial charge in [-0.25, -0.2) is 5.90 Å². The fourth-order valence-electron chi connectivity index (χ4n) is 1.30. The zero-order valence-electron chi connectivity index (χ0n) is 8.27. The van der Waals surface area contributed by atoms with E-state index in [0.29, 0.717) is 13.2 Å². The van der Waals surface area contributed by atoms with Gasteiger partial charge in [-0.2, -0.15) is 0 Å². The maximum absolute atomic E-state index is 5.46. The lowest BCUT2D eigenvalue weighted by Crippen LogP contribution is -2.06. The molecule has 0 aliphatic carbocycles. The van der Waals surface area contributed by atoms with Crippen LogP contribution in [0.25, 0.3) is 0 Å². The molecular formula is C10H13NO4. The summed E-state index contributed by atoms with van der Waals surface area (Å²) in [7, 11) is 0. The van der Waals surface area contributed by atoms with E-state index in [2.05, 4.69) is 4.84 Å². The Labute approximate surface area is 87.6 Å². The Bertz CT molecular complexity index is 329. The summed E-state index contributed by atoms with van der Waals surface area (Å²) in [4.78, 5) is 4.43. The number of fused-ring (bicyclic) bond motifs is 1. The Kier molecular flexibility index (Phi) is 3.26. The van der Waals surface area contributed by atoms with E-state index in [4.69, 9.17) is 20.1 Å². The van der Waals surface area contributed by atoms with Crippen molar-refractivity contribution < 1.29 is 19.0 Å². The number of benzene rings is 1. The minimum Gasteiger partial charge on any atom is -0.493 e. The van der Waals surface area contributed by atoms with Gasteiger partial charge < -0.3 is 19.0 Å². The molecule has 1 aliphatic heterocycles. The molecule has 0 radical (unpaired) electrons. The van der Waals surface area contributed by atoms with Crippen LogP contribution < -0.4 is 20.1 Å². The Morgan fingerprint density at radius 1 is 1.20 bits per heavy atom. The molecule has 1 heterocycles. The molecule has 0 aromatic heterocycles. The molecule has 1 aromatic rings. The third kappa shape index (κ3) is 2.51. The number of nitrogens with two attached hydrogens (primary N) is 1. The van der Waals surface area contributed by atoms with Crippen LogP contribution in [-0.2, 0) is 4.84 Å². The van der Waals surface area contributed by atoms with Crippen molar-refractivity contribution >= 4 is 0 Å². The summed E-state index contributed by atoms with van der Waals surface area (Å²) < 4.78 is 15.9. The number of hydrogen-bond donors (Lipinski definition) is 1. The van der Waals surface area contributed by atoms with Crippen molar-refractivity contribution in [3.8, 4) is 17.2 Å². The highest BCUT2D eigenvalue weighted by Gasteiger charge is 2.13. The first kappa shape index (κ1) is 10.1. The van der Waals surface area contributed by atoms with Gasteiger partial charge in [0.1, 0.15) is 5.75 Å². The first-order valence-corrected chi connectivity index (χ1v) is 4.74. The van der Waals surface area contributed by atoms with Crippen LogP contribution in [0.4, 0.5) is 0 Å². The van der Waals surface area contributed by atoms with Gasteiger partial charge in [-0.15, -0.1) is 0 Å². The zero-order chi connectivity index (χ0) is 10.5. The zero-order valence-corrected chi connectivity index (χ0v) is 8.27. The summed E-state index contributed by atoms with van der Waals surface area (Å²) in [6.45, 7) is 1.33. The van der Waals surface area contributed by atoms with Crippen molar-refractivity contribution in [3.63, 3.8) is 0 Å². The van der Waals surface area contributed by atoms with Gasteiger partial charge in [-0.1, -0.05) is 0 Å². The van der Waals surface area contributed by atoms with Crippen LogP contribution in [0.2, 0.25) is 0 Å². The molecule has 5 nitrogen and oxygen atoms in total. The molecule has 2 rings (SSSR count). The summed E-state index contributed by atoms with van der Waals surface area (Å²) in [5.41, 5.74) is 0. The number of hydrogen-bond acceptors (Lipinski definition) is 5. The van der Waals surface area contributed by atoms with Crippen LogP contribution in [0.3, 0.4) is 0 Å². The van der Waals surface area contributed by atoms with E-state index >= 15 is 0 Å². The molecule has 2 N–H and O–H groups in total. The molecule has 15 heavy (non-hydrogen) atoms. The SMILES string of the molecule is NOCCCOc1ccc2c(c1)OCO2. The highest BCUT2D eigenvalue weighted by atomic mass is 16.7. The fourth-order valence-corrected chi connectivity index (χ4v) is 1.30. The van der Waals surface area contributed by atoms with Crippen molar-refractivity contribution in [1.29, 1.82) is 0 Å². The molecule has 0 saturated carbocycles. The van der Waals surface area contributed by atoms with Gasteiger partial charge in [0.05, 0.1) is 13.2 Å². The Balaban J connectivity index is 1.87. The van der Waals surface area contributed by atoms with E-state index in [0.717, 1.165) is 23.7 Å². The molecule has 0 spiro atoms. The van der Waals surface area contributed by atoms with Crippen LogP contribution in [0.15, 0.2) is 18.2 Å². The molecule has 1 aromatic carbocycles. The van der Waals surface area contributed by atoms with Crippen LogP contribution in [0.1, 0.15) is 6.42 Å². The van der Waals surface area contributed by atoms with Gasteiger partial charge in [0.2, 0.25) is 6.79 Å². The van der Waals surface area contributed by atoms with E-state index in [9.17, 15) is 0 Å². The predicted molar refractivity (Wildman–Crippen MR) is 52.8 cm³/mol. The smallest absolute Gasteiger partial charge is 0.231 e. The second-order valence-corrected chi connectivity index (χ2v) is 3.09. The molecule has 0 bridgehead atoms. The quantitative estimate of drug-likeness (QED) is 0.583. The van der Waals surface area contributed by atoms with Gasteiger partial charge in [-0.3, -0.25) is 0 Å². The molecule has 82 valence electrons. The lowest BCUT2D eigenvalue weighted by molar-refractivity contribution is 0.122. The molecule has 0 fully saturated rings. The third-order valence-electron chi connectivity index (χ3n) is 2.02. The van der Waals surface area contributed by atoms with E-state index in [1.807, 2.05) is 18.2 Å². The lowest BCUT2D eigenvalue weighted by Gasteiger charge is -2.05. The van der Waals surface area contributed by atoms with Gasteiger partial charge in [0.25, 0.3) is 0 Å². The largest absolute Gasteiger partial charge is 0.493 e. The Hall–Kier alpha value is -1.46. The normalized spacial score (nSPS) is 12.9. The molecule has 5 heteroatoms. The standard InChI is InChI=1S/C10H13NO4/c11-15-5-1-4-12-8-2-3-9-10(6-8)14-7-13-9/h2-3,6H,1,4-5,7,11H2. The first-order chi connectivity index (χ1) is 7.40. The second kappa shape index (κ2) is 4.86. The van der Waals surface area contributed by atoms with Crippen molar-refractivity contribution in [2.45, 2.75) is 6.42 Å². The third-order valence-corrected chi connectivity index (χ3v) is 2.02. The average molecular weight is 211 g/mol. The first-order valence-electron chi connectivity index (χ1n) is 4.74. The van der Waals surface area contributed by atoms with Crippen molar-refractivity contribution in [1.82, 2.24) is 0 Å². The minimum absolute atomic E-state index is 0.278. The molecule has 0 amide bonds. The van der Waals surface area contributed by atoms with Gasteiger partial charge in [0.15, 0.2) is 11.5 Å². The van der Waals surface area contributed by atoms with E-state index < -0.39 is 0 Å². The van der Waals surface area contributed by atoms with Crippen molar-refractivity contribution in [2.24, 2.45) is 5.90 Å². The molecule has 0 atom stereocenters. The van der Waals surface area contributed by atoms with Crippen LogP contribution in [0, 0.1) is 0 Å². The Morgan fingerprint density at radius 3 is 2.93 bits per heavy atom. The molecular weight excluding hydrogens is 198 g/mol. The monoisotopic (exact) mass is 211 g/mol. The van der Waals surface area contributed by atoms with Gasteiger partial charge in [0, 0.05) is 12.5 Å². The summed E-state index contributed by atoms with van der Waals surface area (Å²) in [5, 5.41) is 0. The topological polar surface area (TPSA) is 62.9 Å². The summed E-state index contributed by atoms with van der Waals surface area (Å²) in [6.07, 6.45) is 0.755. The molecule has 0 saturated heterocycles. The minimum atomic E-state index is 0.278. The van der Waals surface area contributed by atoms with E-state index in [1.165, 1.54) is 0 Å². The predicted octanol–water partition coefficient (Wildman–Crippen LogP) is 1.07. The van der Waals surface area contributed by atoms with Crippen molar-refractivity contribution in [2.75, 3.05) is 20.0 Å².